The Hall–Kier alpha value is -2.67. The molecule has 7 heteroatoms. The van der Waals surface area contributed by atoms with Crippen molar-refractivity contribution < 1.29 is 4.74 Å². The average molecular weight is 352 g/mol. The molecule has 1 fully saturated rings. The number of anilines is 1. The standard InChI is InChI=1S/C19H24N6O/c1-24-19-15(11-23-24)18(21-13-22-19)20-12-16(25-9-5-6-10-25)14-7-3-4-8-17(14)26-2/h3-4,7-8,11,13,16H,5-6,9-10,12H2,1-2H3,(H,20,21,22)/t16-/m0/s1. The molecular weight excluding hydrogens is 328 g/mol. The minimum atomic E-state index is 0.232. The minimum Gasteiger partial charge on any atom is -0.496 e. The predicted octanol–water partition coefficient (Wildman–Crippen LogP) is 2.62. The molecule has 1 atom stereocenters. The van der Waals surface area contributed by atoms with Crippen molar-refractivity contribution in [2.45, 2.75) is 18.9 Å². The first-order chi connectivity index (χ1) is 12.8. The Kier molecular flexibility index (Phi) is 4.71. The molecule has 0 unspecified atom stereocenters. The predicted molar refractivity (Wildman–Crippen MR) is 101 cm³/mol. The molecule has 1 aliphatic heterocycles. The van der Waals surface area contributed by atoms with Gasteiger partial charge in [0, 0.05) is 19.2 Å². The number of fused-ring (bicyclic) bond motifs is 1. The molecule has 0 saturated carbocycles. The lowest BCUT2D eigenvalue weighted by atomic mass is 10.0. The first-order valence-corrected chi connectivity index (χ1v) is 9.01. The number of aromatic nitrogens is 4. The van der Waals surface area contributed by atoms with Gasteiger partial charge in [0.1, 0.15) is 17.9 Å². The van der Waals surface area contributed by atoms with Gasteiger partial charge in [0.15, 0.2) is 5.65 Å². The Morgan fingerprint density at radius 1 is 1.19 bits per heavy atom. The van der Waals surface area contributed by atoms with Gasteiger partial charge in [0.05, 0.1) is 24.7 Å². The van der Waals surface area contributed by atoms with E-state index in [2.05, 4.69) is 37.4 Å². The van der Waals surface area contributed by atoms with E-state index in [-0.39, 0.29) is 6.04 Å². The largest absolute Gasteiger partial charge is 0.496 e. The Morgan fingerprint density at radius 2 is 2.00 bits per heavy atom. The number of rotatable bonds is 6. The van der Waals surface area contributed by atoms with Crippen LogP contribution in [0.2, 0.25) is 0 Å². The number of hydrogen-bond donors (Lipinski definition) is 1. The third-order valence-corrected chi connectivity index (χ3v) is 5.07. The normalized spacial score (nSPS) is 16.1. The Balaban J connectivity index is 1.62. The monoisotopic (exact) mass is 352 g/mol. The molecule has 0 amide bonds. The number of likely N-dealkylation sites (tertiary alicyclic amines) is 1. The summed E-state index contributed by atoms with van der Waals surface area (Å²) in [7, 11) is 3.62. The molecule has 136 valence electrons. The maximum Gasteiger partial charge on any atom is 0.163 e. The van der Waals surface area contributed by atoms with E-state index < -0.39 is 0 Å². The van der Waals surface area contributed by atoms with Crippen LogP contribution in [-0.4, -0.2) is 51.4 Å². The number of para-hydroxylation sites is 1. The molecule has 26 heavy (non-hydrogen) atoms. The topological polar surface area (TPSA) is 68.1 Å². The lowest BCUT2D eigenvalue weighted by Crippen LogP contribution is -2.31. The van der Waals surface area contributed by atoms with Crippen LogP contribution in [0.25, 0.3) is 11.0 Å². The van der Waals surface area contributed by atoms with Crippen molar-refractivity contribution in [1.82, 2.24) is 24.6 Å². The van der Waals surface area contributed by atoms with Gasteiger partial charge in [-0.15, -0.1) is 0 Å². The molecule has 1 N–H and O–H groups in total. The van der Waals surface area contributed by atoms with Crippen molar-refractivity contribution in [3.8, 4) is 5.75 Å². The Labute approximate surface area is 153 Å². The van der Waals surface area contributed by atoms with Crippen molar-refractivity contribution in [3.05, 3.63) is 42.4 Å². The van der Waals surface area contributed by atoms with Crippen molar-refractivity contribution in [1.29, 1.82) is 0 Å². The smallest absolute Gasteiger partial charge is 0.163 e. The third kappa shape index (κ3) is 3.10. The third-order valence-electron chi connectivity index (χ3n) is 5.07. The quantitative estimate of drug-likeness (QED) is 0.735. The van der Waals surface area contributed by atoms with Gasteiger partial charge < -0.3 is 10.1 Å². The molecule has 0 radical (unpaired) electrons. The zero-order valence-corrected chi connectivity index (χ0v) is 15.2. The molecule has 1 aromatic carbocycles. The summed E-state index contributed by atoms with van der Waals surface area (Å²) >= 11 is 0. The Morgan fingerprint density at radius 3 is 2.81 bits per heavy atom. The van der Waals surface area contributed by atoms with Gasteiger partial charge in [-0.05, 0) is 32.0 Å². The summed E-state index contributed by atoms with van der Waals surface area (Å²) in [4.78, 5) is 11.3. The fourth-order valence-corrected chi connectivity index (χ4v) is 3.73. The highest BCUT2D eigenvalue weighted by molar-refractivity contribution is 5.85. The fraction of sp³-hybridized carbons (Fsp3) is 0.421. The highest BCUT2D eigenvalue weighted by Crippen LogP contribution is 2.32. The number of methoxy groups -OCH3 is 1. The van der Waals surface area contributed by atoms with Crippen LogP contribution in [0, 0.1) is 0 Å². The van der Waals surface area contributed by atoms with Crippen LogP contribution >= 0.6 is 0 Å². The van der Waals surface area contributed by atoms with Crippen LogP contribution in [-0.2, 0) is 7.05 Å². The summed E-state index contributed by atoms with van der Waals surface area (Å²) in [5, 5.41) is 8.76. The molecule has 1 saturated heterocycles. The molecule has 3 aromatic rings. The molecule has 0 bridgehead atoms. The summed E-state index contributed by atoms with van der Waals surface area (Å²) in [5.41, 5.74) is 2.04. The van der Waals surface area contributed by atoms with Crippen LogP contribution < -0.4 is 10.1 Å². The first kappa shape index (κ1) is 16.8. The van der Waals surface area contributed by atoms with E-state index in [0.717, 1.165) is 42.2 Å². The van der Waals surface area contributed by atoms with E-state index in [4.69, 9.17) is 4.74 Å². The summed E-state index contributed by atoms with van der Waals surface area (Å²) in [6.45, 7) is 2.97. The molecular formula is C19H24N6O. The average Bonchev–Trinajstić information content (AvgIpc) is 3.33. The van der Waals surface area contributed by atoms with Gasteiger partial charge in [-0.25, -0.2) is 9.97 Å². The van der Waals surface area contributed by atoms with E-state index in [1.165, 1.54) is 18.4 Å². The highest BCUT2D eigenvalue weighted by Gasteiger charge is 2.26. The number of nitrogens with zero attached hydrogens (tertiary/aromatic N) is 5. The summed E-state index contributed by atoms with van der Waals surface area (Å²) in [6, 6.07) is 8.51. The number of ether oxygens (including phenoxy) is 1. The molecule has 4 rings (SSSR count). The van der Waals surface area contributed by atoms with Crippen molar-refractivity contribution >= 4 is 16.9 Å². The molecule has 7 nitrogen and oxygen atoms in total. The number of nitrogens with one attached hydrogen (secondary N) is 1. The number of benzene rings is 1. The van der Waals surface area contributed by atoms with E-state index in [0.29, 0.717) is 0 Å². The molecule has 2 aromatic heterocycles. The fourth-order valence-electron chi connectivity index (χ4n) is 3.73. The highest BCUT2D eigenvalue weighted by atomic mass is 16.5. The minimum absolute atomic E-state index is 0.232. The Bertz CT molecular complexity index is 887. The second-order valence-electron chi connectivity index (χ2n) is 6.61. The van der Waals surface area contributed by atoms with Gasteiger partial charge in [-0.1, -0.05) is 18.2 Å². The van der Waals surface area contributed by atoms with Crippen LogP contribution in [0.4, 0.5) is 5.82 Å². The van der Waals surface area contributed by atoms with E-state index in [9.17, 15) is 0 Å². The van der Waals surface area contributed by atoms with Crippen LogP contribution in [0.15, 0.2) is 36.8 Å². The summed E-state index contributed by atoms with van der Waals surface area (Å²) < 4.78 is 7.38. The molecule has 0 aliphatic carbocycles. The molecule has 0 spiro atoms. The second-order valence-corrected chi connectivity index (χ2v) is 6.61. The summed E-state index contributed by atoms with van der Waals surface area (Å²) in [6.07, 6.45) is 5.88. The number of aryl methyl sites for hydroxylation is 1. The van der Waals surface area contributed by atoms with Gasteiger partial charge in [0.2, 0.25) is 0 Å². The maximum atomic E-state index is 5.62. The van der Waals surface area contributed by atoms with Gasteiger partial charge in [-0.3, -0.25) is 9.58 Å². The van der Waals surface area contributed by atoms with Gasteiger partial charge in [0.25, 0.3) is 0 Å². The van der Waals surface area contributed by atoms with Gasteiger partial charge >= 0.3 is 0 Å². The lowest BCUT2D eigenvalue weighted by molar-refractivity contribution is 0.249. The lowest BCUT2D eigenvalue weighted by Gasteiger charge is -2.29. The zero-order valence-electron chi connectivity index (χ0n) is 15.2. The van der Waals surface area contributed by atoms with Crippen molar-refractivity contribution in [2.24, 2.45) is 7.05 Å². The maximum absolute atomic E-state index is 5.62. The molecule has 3 heterocycles. The first-order valence-electron chi connectivity index (χ1n) is 9.01. The van der Waals surface area contributed by atoms with Crippen LogP contribution in [0.5, 0.6) is 5.75 Å². The SMILES string of the molecule is COc1ccccc1[C@H](CNc1ncnc2c1cnn2C)N1CCCC1. The molecule has 1 aliphatic rings. The van der Waals surface area contributed by atoms with Crippen LogP contribution in [0.1, 0.15) is 24.4 Å². The van der Waals surface area contributed by atoms with E-state index >= 15 is 0 Å². The zero-order chi connectivity index (χ0) is 17.9. The van der Waals surface area contributed by atoms with Crippen molar-refractivity contribution in [2.75, 3.05) is 32.1 Å². The van der Waals surface area contributed by atoms with E-state index in [1.807, 2.05) is 25.4 Å². The van der Waals surface area contributed by atoms with Gasteiger partial charge in [-0.2, -0.15) is 5.10 Å². The van der Waals surface area contributed by atoms with E-state index in [1.54, 1.807) is 18.1 Å². The summed E-state index contributed by atoms with van der Waals surface area (Å²) in [5.74, 6) is 1.75. The second kappa shape index (κ2) is 7.29. The van der Waals surface area contributed by atoms with Crippen LogP contribution in [0.3, 0.4) is 0 Å². The van der Waals surface area contributed by atoms with Crippen molar-refractivity contribution in [3.63, 3.8) is 0 Å². The number of hydrogen-bond acceptors (Lipinski definition) is 6.